The maximum atomic E-state index is 11.9. The Labute approximate surface area is 109 Å². The summed E-state index contributed by atoms with van der Waals surface area (Å²) in [6, 6.07) is 7.26. The molecule has 0 aliphatic heterocycles. The second-order valence-corrected chi connectivity index (χ2v) is 5.41. The number of anilines is 1. The molecular weight excluding hydrogens is 228 g/mol. The van der Waals surface area contributed by atoms with Crippen molar-refractivity contribution >= 4 is 11.6 Å². The summed E-state index contributed by atoms with van der Waals surface area (Å²) in [7, 11) is 0. The lowest BCUT2D eigenvalue weighted by Crippen LogP contribution is -2.42. The van der Waals surface area contributed by atoms with Gasteiger partial charge in [0, 0.05) is 5.69 Å². The highest BCUT2D eigenvalue weighted by molar-refractivity contribution is 5.94. The zero-order chi connectivity index (χ0) is 13.8. The van der Waals surface area contributed by atoms with Gasteiger partial charge in [0.05, 0.1) is 5.60 Å². The zero-order valence-corrected chi connectivity index (χ0v) is 11.7. The normalized spacial score (nSPS) is 13.2. The quantitative estimate of drug-likeness (QED) is 0.808. The lowest BCUT2D eigenvalue weighted by molar-refractivity contribution is -0.128. The van der Waals surface area contributed by atoms with E-state index in [1.54, 1.807) is 6.92 Å². The minimum absolute atomic E-state index is 0.122. The molecule has 4 heteroatoms. The monoisotopic (exact) mass is 250 g/mol. The molecule has 1 amide bonds. The Bertz CT molecular complexity index is 393. The average Bonchev–Trinajstić information content (AvgIpc) is 2.28. The van der Waals surface area contributed by atoms with Crippen LogP contribution in [-0.2, 0) is 9.63 Å². The van der Waals surface area contributed by atoms with Crippen LogP contribution in [0.2, 0.25) is 0 Å². The third-order valence-electron chi connectivity index (χ3n) is 2.25. The van der Waals surface area contributed by atoms with Crippen LogP contribution in [0.1, 0.15) is 33.3 Å². The van der Waals surface area contributed by atoms with Gasteiger partial charge in [-0.05, 0) is 46.8 Å². The lowest BCUT2D eigenvalue weighted by Gasteiger charge is -2.22. The fourth-order valence-corrected chi connectivity index (χ4v) is 1.21. The van der Waals surface area contributed by atoms with E-state index in [0.29, 0.717) is 0 Å². The molecular formula is C14H22N2O2. The van der Waals surface area contributed by atoms with Crippen LogP contribution in [0.25, 0.3) is 0 Å². The molecule has 1 aromatic rings. The molecule has 1 unspecified atom stereocenters. The van der Waals surface area contributed by atoms with Crippen molar-refractivity contribution in [3.8, 4) is 0 Å². The third kappa shape index (κ3) is 5.29. The number of aryl methyl sites for hydroxylation is 1. The van der Waals surface area contributed by atoms with Crippen molar-refractivity contribution < 1.29 is 9.63 Å². The van der Waals surface area contributed by atoms with Gasteiger partial charge in [-0.3, -0.25) is 9.63 Å². The molecule has 0 aliphatic carbocycles. The van der Waals surface area contributed by atoms with Crippen LogP contribution in [0.15, 0.2) is 24.3 Å². The predicted octanol–water partition coefficient (Wildman–Crippen LogP) is 2.64. The van der Waals surface area contributed by atoms with E-state index >= 15 is 0 Å². The van der Waals surface area contributed by atoms with E-state index in [-0.39, 0.29) is 11.5 Å². The van der Waals surface area contributed by atoms with Crippen LogP contribution in [0, 0.1) is 6.92 Å². The van der Waals surface area contributed by atoms with Gasteiger partial charge in [-0.1, -0.05) is 17.7 Å². The predicted molar refractivity (Wildman–Crippen MR) is 73.2 cm³/mol. The second-order valence-electron chi connectivity index (χ2n) is 5.41. The number of amides is 1. The van der Waals surface area contributed by atoms with Gasteiger partial charge in [-0.25, -0.2) is 0 Å². The first-order chi connectivity index (χ1) is 8.28. The van der Waals surface area contributed by atoms with Crippen molar-refractivity contribution in [3.05, 3.63) is 29.8 Å². The Balaban J connectivity index is 2.47. The van der Waals surface area contributed by atoms with E-state index in [1.165, 1.54) is 0 Å². The Morgan fingerprint density at radius 1 is 1.22 bits per heavy atom. The number of hydroxylamine groups is 1. The highest BCUT2D eigenvalue weighted by Gasteiger charge is 2.17. The fourth-order valence-electron chi connectivity index (χ4n) is 1.21. The van der Waals surface area contributed by atoms with Crippen LogP contribution < -0.4 is 10.8 Å². The largest absolute Gasteiger partial charge is 0.325 e. The van der Waals surface area contributed by atoms with Crippen LogP contribution in [0.4, 0.5) is 5.69 Å². The molecule has 0 aromatic heterocycles. The lowest BCUT2D eigenvalue weighted by atomic mass is 10.2. The van der Waals surface area contributed by atoms with Gasteiger partial charge in [0.15, 0.2) is 0 Å². The van der Waals surface area contributed by atoms with E-state index in [1.807, 2.05) is 52.0 Å². The van der Waals surface area contributed by atoms with E-state index in [4.69, 9.17) is 4.84 Å². The van der Waals surface area contributed by atoms with Crippen LogP contribution in [0.5, 0.6) is 0 Å². The van der Waals surface area contributed by atoms with Gasteiger partial charge in [-0.15, -0.1) is 0 Å². The smallest absolute Gasteiger partial charge is 0.243 e. The number of benzene rings is 1. The highest BCUT2D eigenvalue weighted by Crippen LogP contribution is 2.09. The molecule has 0 heterocycles. The molecule has 0 aliphatic rings. The third-order valence-corrected chi connectivity index (χ3v) is 2.25. The Morgan fingerprint density at radius 2 is 1.78 bits per heavy atom. The number of rotatable bonds is 4. The minimum atomic E-state index is -0.412. The summed E-state index contributed by atoms with van der Waals surface area (Å²) >= 11 is 0. The molecule has 0 bridgehead atoms. The van der Waals surface area contributed by atoms with Crippen LogP contribution in [0.3, 0.4) is 0 Å². The number of hydrogen-bond donors (Lipinski definition) is 2. The first-order valence-electron chi connectivity index (χ1n) is 6.09. The zero-order valence-electron chi connectivity index (χ0n) is 11.7. The molecule has 1 aromatic carbocycles. The van der Waals surface area contributed by atoms with E-state index in [9.17, 15) is 4.79 Å². The minimum Gasteiger partial charge on any atom is -0.325 e. The van der Waals surface area contributed by atoms with Gasteiger partial charge in [-0.2, -0.15) is 5.48 Å². The average molecular weight is 250 g/mol. The molecule has 0 saturated carbocycles. The molecule has 2 N–H and O–H groups in total. The summed E-state index contributed by atoms with van der Waals surface area (Å²) in [4.78, 5) is 17.2. The van der Waals surface area contributed by atoms with E-state index < -0.39 is 6.04 Å². The van der Waals surface area contributed by atoms with Crippen molar-refractivity contribution in [3.63, 3.8) is 0 Å². The first-order valence-corrected chi connectivity index (χ1v) is 6.09. The molecule has 1 atom stereocenters. The van der Waals surface area contributed by atoms with Crippen molar-refractivity contribution in [2.24, 2.45) is 0 Å². The van der Waals surface area contributed by atoms with E-state index in [2.05, 4.69) is 10.8 Å². The maximum Gasteiger partial charge on any atom is 0.243 e. The van der Waals surface area contributed by atoms with Crippen molar-refractivity contribution in [1.29, 1.82) is 0 Å². The standard InChI is InChI=1S/C14H22N2O2/c1-10-6-8-12(9-7-10)15-13(17)11(2)16-18-14(3,4)5/h6-9,11,16H,1-5H3,(H,15,17). The maximum absolute atomic E-state index is 11.9. The SMILES string of the molecule is Cc1ccc(NC(=O)C(C)NOC(C)(C)C)cc1. The topological polar surface area (TPSA) is 50.4 Å². The molecule has 0 spiro atoms. The highest BCUT2D eigenvalue weighted by atomic mass is 16.7. The Morgan fingerprint density at radius 3 is 2.28 bits per heavy atom. The van der Waals surface area contributed by atoms with Gasteiger partial charge >= 0.3 is 0 Å². The summed E-state index contributed by atoms with van der Waals surface area (Å²) < 4.78 is 0. The Hall–Kier alpha value is -1.39. The number of hydrogen-bond acceptors (Lipinski definition) is 3. The van der Waals surface area contributed by atoms with Gasteiger partial charge in [0.1, 0.15) is 6.04 Å². The molecule has 1 rings (SSSR count). The van der Waals surface area contributed by atoms with Gasteiger partial charge in [0.2, 0.25) is 5.91 Å². The number of nitrogens with one attached hydrogen (secondary N) is 2. The number of carbonyl (C=O) groups excluding carboxylic acids is 1. The second kappa shape index (κ2) is 5.98. The molecule has 0 radical (unpaired) electrons. The summed E-state index contributed by atoms with van der Waals surface area (Å²) in [5, 5.41) is 2.82. The Kier molecular flexibility index (Phi) is 4.87. The van der Waals surface area contributed by atoms with Gasteiger partial charge < -0.3 is 5.32 Å². The van der Waals surface area contributed by atoms with E-state index in [0.717, 1.165) is 11.3 Å². The molecule has 0 fully saturated rings. The molecule has 4 nitrogen and oxygen atoms in total. The van der Waals surface area contributed by atoms with Crippen LogP contribution >= 0.6 is 0 Å². The van der Waals surface area contributed by atoms with Crippen molar-refractivity contribution in [2.45, 2.75) is 46.3 Å². The van der Waals surface area contributed by atoms with Gasteiger partial charge in [0.25, 0.3) is 0 Å². The number of carbonyl (C=O) groups is 1. The fraction of sp³-hybridized carbons (Fsp3) is 0.500. The summed E-state index contributed by atoms with van der Waals surface area (Å²) in [6.45, 7) is 9.53. The van der Waals surface area contributed by atoms with Crippen molar-refractivity contribution in [1.82, 2.24) is 5.48 Å². The summed E-state index contributed by atoms with van der Waals surface area (Å²) in [5.74, 6) is -0.122. The molecule has 18 heavy (non-hydrogen) atoms. The molecule has 0 saturated heterocycles. The molecule has 100 valence electrons. The van der Waals surface area contributed by atoms with Crippen molar-refractivity contribution in [2.75, 3.05) is 5.32 Å². The first kappa shape index (κ1) is 14.7. The summed E-state index contributed by atoms with van der Waals surface area (Å²) in [5.41, 5.74) is 4.37. The van der Waals surface area contributed by atoms with Crippen LogP contribution in [-0.4, -0.2) is 17.6 Å². The summed E-state index contributed by atoms with van der Waals surface area (Å²) in [6.07, 6.45) is 0.